The third-order valence-electron chi connectivity index (χ3n) is 2.89. The van der Waals surface area contributed by atoms with E-state index >= 15 is 0 Å². The maximum atomic E-state index is 12.0. The van der Waals surface area contributed by atoms with Crippen LogP contribution in [0.25, 0.3) is 0 Å². The van der Waals surface area contributed by atoms with Gasteiger partial charge in [-0.15, -0.1) is 0 Å². The SMILES string of the molecule is C/C(=N/NC(=O)c1cccc([N+](=O)[O-])c1)c1cccc(Br)c1. The fraction of sp³-hybridized carbons (Fsp3) is 0.0667. The van der Waals surface area contributed by atoms with Crippen molar-refractivity contribution in [2.75, 3.05) is 0 Å². The first kappa shape index (κ1) is 15.8. The van der Waals surface area contributed by atoms with Crippen LogP contribution in [0.4, 0.5) is 5.69 Å². The summed E-state index contributed by atoms with van der Waals surface area (Å²) in [5.74, 6) is -0.502. The smallest absolute Gasteiger partial charge is 0.267 e. The first-order chi connectivity index (χ1) is 10.5. The Morgan fingerprint density at radius 3 is 2.55 bits per heavy atom. The molecule has 0 saturated heterocycles. The maximum absolute atomic E-state index is 12.0. The summed E-state index contributed by atoms with van der Waals surface area (Å²) in [6.45, 7) is 1.76. The average molecular weight is 362 g/mol. The second-order valence-corrected chi connectivity index (χ2v) is 5.37. The number of hydrazone groups is 1. The number of nitrogens with zero attached hydrogens (tertiary/aromatic N) is 2. The molecule has 2 aromatic rings. The Kier molecular flexibility index (Phi) is 5.00. The van der Waals surface area contributed by atoms with E-state index in [2.05, 4.69) is 26.5 Å². The number of amides is 1. The van der Waals surface area contributed by atoms with Gasteiger partial charge in [0.15, 0.2) is 0 Å². The van der Waals surface area contributed by atoms with Crippen molar-refractivity contribution in [3.05, 3.63) is 74.2 Å². The van der Waals surface area contributed by atoms with Crippen molar-refractivity contribution in [1.82, 2.24) is 5.43 Å². The molecule has 2 rings (SSSR count). The van der Waals surface area contributed by atoms with E-state index in [1.165, 1.54) is 24.3 Å². The van der Waals surface area contributed by atoms with E-state index in [0.29, 0.717) is 5.71 Å². The third-order valence-corrected chi connectivity index (χ3v) is 3.38. The van der Waals surface area contributed by atoms with Crippen LogP contribution in [-0.4, -0.2) is 16.5 Å². The Bertz CT molecular complexity index is 759. The van der Waals surface area contributed by atoms with Gasteiger partial charge < -0.3 is 0 Å². The molecule has 6 nitrogen and oxygen atoms in total. The van der Waals surface area contributed by atoms with E-state index in [0.717, 1.165) is 10.0 Å². The van der Waals surface area contributed by atoms with Gasteiger partial charge in [0.05, 0.1) is 10.6 Å². The van der Waals surface area contributed by atoms with Gasteiger partial charge in [0.1, 0.15) is 0 Å². The molecule has 0 spiro atoms. The Labute approximate surface area is 135 Å². The number of carbonyl (C=O) groups is 1. The number of rotatable bonds is 4. The number of halogens is 1. The minimum absolute atomic E-state index is 0.139. The maximum Gasteiger partial charge on any atom is 0.271 e. The van der Waals surface area contributed by atoms with Gasteiger partial charge in [-0.3, -0.25) is 14.9 Å². The zero-order chi connectivity index (χ0) is 16.1. The number of nitrogens with one attached hydrogen (secondary N) is 1. The van der Waals surface area contributed by atoms with E-state index in [-0.39, 0.29) is 11.3 Å². The van der Waals surface area contributed by atoms with E-state index in [1.54, 1.807) is 6.92 Å². The van der Waals surface area contributed by atoms with Crippen LogP contribution < -0.4 is 5.43 Å². The summed E-state index contributed by atoms with van der Waals surface area (Å²) in [6.07, 6.45) is 0. The van der Waals surface area contributed by atoms with Crippen LogP contribution in [-0.2, 0) is 0 Å². The second-order valence-electron chi connectivity index (χ2n) is 4.46. The van der Waals surface area contributed by atoms with Crippen molar-refractivity contribution in [2.45, 2.75) is 6.92 Å². The molecule has 0 unspecified atom stereocenters. The number of hydrogen-bond donors (Lipinski definition) is 1. The quantitative estimate of drug-likeness (QED) is 0.513. The third kappa shape index (κ3) is 3.98. The van der Waals surface area contributed by atoms with Crippen LogP contribution in [0, 0.1) is 10.1 Å². The standard InChI is InChI=1S/C15H12BrN3O3/c1-10(11-4-2-6-13(16)8-11)17-18-15(20)12-5-3-7-14(9-12)19(21)22/h2-9H,1H3,(H,18,20)/b17-10-. The average Bonchev–Trinajstić information content (AvgIpc) is 2.52. The molecule has 1 amide bonds. The van der Waals surface area contributed by atoms with Gasteiger partial charge in [-0.05, 0) is 30.7 Å². The molecular formula is C15H12BrN3O3. The fourth-order valence-electron chi connectivity index (χ4n) is 1.74. The van der Waals surface area contributed by atoms with Crippen molar-refractivity contribution in [3.8, 4) is 0 Å². The molecule has 7 heteroatoms. The lowest BCUT2D eigenvalue weighted by Gasteiger charge is -2.03. The topological polar surface area (TPSA) is 84.6 Å². The zero-order valence-electron chi connectivity index (χ0n) is 11.6. The normalized spacial score (nSPS) is 11.1. The summed E-state index contributed by atoms with van der Waals surface area (Å²) < 4.78 is 0.907. The van der Waals surface area contributed by atoms with Crippen molar-refractivity contribution >= 4 is 33.2 Å². The summed E-state index contributed by atoms with van der Waals surface area (Å²) >= 11 is 3.36. The van der Waals surface area contributed by atoms with Crippen LogP contribution in [0.2, 0.25) is 0 Å². The highest BCUT2D eigenvalue weighted by Crippen LogP contribution is 2.14. The lowest BCUT2D eigenvalue weighted by atomic mass is 10.1. The highest BCUT2D eigenvalue weighted by molar-refractivity contribution is 9.10. The Hall–Kier alpha value is -2.54. The largest absolute Gasteiger partial charge is 0.271 e. The minimum Gasteiger partial charge on any atom is -0.267 e. The number of nitro groups is 1. The zero-order valence-corrected chi connectivity index (χ0v) is 13.2. The van der Waals surface area contributed by atoms with E-state index in [4.69, 9.17) is 0 Å². The molecular weight excluding hydrogens is 350 g/mol. The summed E-state index contributed by atoms with van der Waals surface area (Å²) in [5, 5.41) is 14.7. The van der Waals surface area contributed by atoms with Crippen LogP contribution in [0.3, 0.4) is 0 Å². The predicted molar refractivity (Wildman–Crippen MR) is 86.9 cm³/mol. The van der Waals surface area contributed by atoms with Gasteiger partial charge >= 0.3 is 0 Å². The van der Waals surface area contributed by atoms with Gasteiger partial charge in [-0.25, -0.2) is 5.43 Å². The second kappa shape index (κ2) is 6.95. The molecule has 0 bridgehead atoms. The fourth-order valence-corrected chi connectivity index (χ4v) is 2.14. The molecule has 2 aromatic carbocycles. The summed E-state index contributed by atoms with van der Waals surface area (Å²) in [7, 11) is 0. The summed E-state index contributed by atoms with van der Waals surface area (Å²) in [6, 6.07) is 13.0. The van der Waals surface area contributed by atoms with Crippen LogP contribution >= 0.6 is 15.9 Å². The van der Waals surface area contributed by atoms with Gasteiger partial charge in [0.25, 0.3) is 11.6 Å². The molecule has 0 aliphatic heterocycles. The number of nitro benzene ring substituents is 1. The Morgan fingerprint density at radius 2 is 1.86 bits per heavy atom. The predicted octanol–water partition coefficient (Wildman–Crippen LogP) is 3.51. The van der Waals surface area contributed by atoms with Crippen LogP contribution in [0.1, 0.15) is 22.8 Å². The molecule has 0 atom stereocenters. The summed E-state index contributed by atoms with van der Waals surface area (Å²) in [4.78, 5) is 22.1. The molecule has 0 aliphatic carbocycles. The summed E-state index contributed by atoms with van der Waals surface area (Å²) in [5.41, 5.74) is 3.92. The Morgan fingerprint density at radius 1 is 1.18 bits per heavy atom. The highest BCUT2D eigenvalue weighted by Gasteiger charge is 2.11. The highest BCUT2D eigenvalue weighted by atomic mass is 79.9. The molecule has 112 valence electrons. The monoisotopic (exact) mass is 361 g/mol. The van der Waals surface area contributed by atoms with Crippen LogP contribution in [0.5, 0.6) is 0 Å². The van der Waals surface area contributed by atoms with Gasteiger partial charge in [0, 0.05) is 22.2 Å². The molecule has 0 fully saturated rings. The minimum atomic E-state index is -0.549. The first-order valence-electron chi connectivity index (χ1n) is 6.32. The number of non-ortho nitro benzene ring substituents is 1. The lowest BCUT2D eigenvalue weighted by Crippen LogP contribution is -2.19. The molecule has 0 aliphatic rings. The Balaban J connectivity index is 2.13. The first-order valence-corrected chi connectivity index (χ1v) is 7.11. The van der Waals surface area contributed by atoms with Gasteiger partial charge in [0.2, 0.25) is 0 Å². The molecule has 0 aromatic heterocycles. The molecule has 22 heavy (non-hydrogen) atoms. The van der Waals surface area contributed by atoms with E-state index in [1.807, 2.05) is 24.3 Å². The number of benzene rings is 2. The molecule has 1 N–H and O–H groups in total. The molecule has 0 radical (unpaired) electrons. The van der Waals surface area contributed by atoms with Crippen LogP contribution in [0.15, 0.2) is 58.1 Å². The number of carbonyl (C=O) groups excluding carboxylic acids is 1. The molecule has 0 saturated carbocycles. The molecule has 0 heterocycles. The van der Waals surface area contributed by atoms with E-state index < -0.39 is 10.8 Å². The van der Waals surface area contributed by atoms with Gasteiger partial charge in [-0.1, -0.05) is 34.1 Å². The van der Waals surface area contributed by atoms with Crippen molar-refractivity contribution in [2.24, 2.45) is 5.10 Å². The van der Waals surface area contributed by atoms with E-state index in [9.17, 15) is 14.9 Å². The van der Waals surface area contributed by atoms with Gasteiger partial charge in [-0.2, -0.15) is 5.10 Å². The number of hydrogen-bond acceptors (Lipinski definition) is 4. The van der Waals surface area contributed by atoms with Crippen molar-refractivity contribution in [3.63, 3.8) is 0 Å². The van der Waals surface area contributed by atoms with Crippen molar-refractivity contribution in [1.29, 1.82) is 0 Å². The lowest BCUT2D eigenvalue weighted by molar-refractivity contribution is -0.384. The van der Waals surface area contributed by atoms with Crippen molar-refractivity contribution < 1.29 is 9.72 Å².